The van der Waals surface area contributed by atoms with E-state index in [1.54, 1.807) is 7.05 Å². The van der Waals surface area contributed by atoms with Gasteiger partial charge in [-0.1, -0.05) is 0 Å². The van der Waals surface area contributed by atoms with Crippen molar-refractivity contribution in [2.45, 2.75) is 23.1 Å². The number of carbonyl (C=O) groups is 1. The lowest BCUT2D eigenvalue weighted by Gasteiger charge is -2.24. The molecular formula is C12H18N2O4S2. The molecule has 0 amide bonds. The largest absolute Gasteiger partial charge is 0.477 e. The fourth-order valence-electron chi connectivity index (χ4n) is 2.33. The average Bonchev–Trinajstić information content (AvgIpc) is 2.99. The Morgan fingerprint density at radius 1 is 1.55 bits per heavy atom. The molecule has 1 unspecified atom stereocenters. The molecule has 1 saturated heterocycles. The minimum Gasteiger partial charge on any atom is -0.477 e. The van der Waals surface area contributed by atoms with Gasteiger partial charge in [-0.25, -0.2) is 13.2 Å². The normalized spacial score (nSPS) is 20.6. The lowest BCUT2D eigenvalue weighted by atomic mass is 10.2. The molecule has 1 aliphatic rings. The first-order valence-electron chi connectivity index (χ1n) is 6.32. The van der Waals surface area contributed by atoms with Crippen molar-refractivity contribution in [1.82, 2.24) is 9.21 Å². The van der Waals surface area contributed by atoms with Crippen LogP contribution in [0.2, 0.25) is 0 Å². The van der Waals surface area contributed by atoms with Gasteiger partial charge in [0.05, 0.1) is 0 Å². The van der Waals surface area contributed by atoms with Crippen molar-refractivity contribution in [3.05, 3.63) is 17.0 Å². The van der Waals surface area contributed by atoms with E-state index in [0.717, 1.165) is 30.7 Å². The Morgan fingerprint density at radius 3 is 2.75 bits per heavy atom. The second-order valence-electron chi connectivity index (χ2n) is 4.99. The number of nitrogens with zero attached hydrogens (tertiary/aromatic N) is 2. The molecule has 0 spiro atoms. The van der Waals surface area contributed by atoms with E-state index in [1.807, 2.05) is 7.05 Å². The van der Waals surface area contributed by atoms with Gasteiger partial charge in [0.15, 0.2) is 0 Å². The maximum atomic E-state index is 12.4. The highest BCUT2D eigenvalue weighted by atomic mass is 32.2. The summed E-state index contributed by atoms with van der Waals surface area (Å²) in [6.07, 6.45) is 2.07. The van der Waals surface area contributed by atoms with Crippen LogP contribution in [0.4, 0.5) is 0 Å². The van der Waals surface area contributed by atoms with Gasteiger partial charge < -0.3 is 10.0 Å². The van der Waals surface area contributed by atoms with Gasteiger partial charge in [0.2, 0.25) is 0 Å². The molecule has 8 heteroatoms. The molecule has 1 N–H and O–H groups in total. The van der Waals surface area contributed by atoms with Crippen LogP contribution in [0.15, 0.2) is 16.3 Å². The number of sulfonamides is 1. The van der Waals surface area contributed by atoms with Gasteiger partial charge in [-0.05, 0) is 38.6 Å². The van der Waals surface area contributed by atoms with Gasteiger partial charge in [0.1, 0.15) is 9.09 Å². The van der Waals surface area contributed by atoms with Crippen LogP contribution in [0.5, 0.6) is 0 Å². The van der Waals surface area contributed by atoms with E-state index >= 15 is 0 Å². The number of rotatable bonds is 5. The molecule has 0 radical (unpaired) electrons. The maximum Gasteiger partial charge on any atom is 0.345 e. The van der Waals surface area contributed by atoms with Crippen LogP contribution in [-0.4, -0.2) is 61.9 Å². The minimum atomic E-state index is -3.60. The molecule has 1 aliphatic heterocycles. The zero-order chi connectivity index (χ0) is 14.9. The van der Waals surface area contributed by atoms with Crippen molar-refractivity contribution in [3.63, 3.8) is 0 Å². The summed E-state index contributed by atoms with van der Waals surface area (Å²) in [7, 11) is -0.0655. The molecule has 0 aliphatic carbocycles. The minimum absolute atomic E-state index is 0.0370. The van der Waals surface area contributed by atoms with Gasteiger partial charge in [-0.15, -0.1) is 11.3 Å². The number of likely N-dealkylation sites (N-methyl/N-ethyl adjacent to an activating group) is 2. The van der Waals surface area contributed by atoms with Gasteiger partial charge in [-0.2, -0.15) is 4.31 Å². The number of hydrogen-bond donors (Lipinski definition) is 1. The number of likely N-dealkylation sites (tertiary alicyclic amines) is 1. The quantitative estimate of drug-likeness (QED) is 0.881. The summed E-state index contributed by atoms with van der Waals surface area (Å²) >= 11 is 0.792. The average molecular weight is 318 g/mol. The first-order chi connectivity index (χ1) is 9.32. The van der Waals surface area contributed by atoms with E-state index in [1.165, 1.54) is 16.4 Å². The highest BCUT2D eigenvalue weighted by Crippen LogP contribution is 2.25. The smallest absolute Gasteiger partial charge is 0.345 e. The Bertz CT molecular complexity index is 596. The van der Waals surface area contributed by atoms with Gasteiger partial charge in [0, 0.05) is 19.6 Å². The van der Waals surface area contributed by atoms with Crippen molar-refractivity contribution in [2.75, 3.05) is 27.2 Å². The third-order valence-corrected chi connectivity index (χ3v) is 6.96. The summed E-state index contributed by atoms with van der Waals surface area (Å²) in [6, 6.07) is 2.92. The van der Waals surface area contributed by atoms with E-state index in [0.29, 0.717) is 6.54 Å². The molecule has 1 aromatic rings. The third-order valence-electron chi connectivity index (χ3n) is 3.60. The van der Waals surface area contributed by atoms with Crippen molar-refractivity contribution in [2.24, 2.45) is 0 Å². The Balaban J connectivity index is 2.14. The van der Waals surface area contributed by atoms with Gasteiger partial charge >= 0.3 is 5.97 Å². The number of hydrogen-bond acceptors (Lipinski definition) is 5. The molecule has 112 valence electrons. The Kier molecular flexibility index (Phi) is 4.48. The first kappa shape index (κ1) is 15.4. The van der Waals surface area contributed by atoms with Crippen LogP contribution in [0.25, 0.3) is 0 Å². The van der Waals surface area contributed by atoms with Crippen molar-refractivity contribution < 1.29 is 18.3 Å². The Hall–Kier alpha value is -0.960. The summed E-state index contributed by atoms with van der Waals surface area (Å²) in [5.74, 6) is -1.10. The van der Waals surface area contributed by atoms with E-state index < -0.39 is 16.0 Å². The molecule has 6 nitrogen and oxygen atoms in total. The summed E-state index contributed by atoms with van der Waals surface area (Å²) in [5.41, 5.74) is 0. The molecule has 1 fully saturated rings. The Morgan fingerprint density at radius 2 is 2.25 bits per heavy atom. The Labute approximate surface area is 122 Å². The fraction of sp³-hybridized carbons (Fsp3) is 0.583. The molecule has 1 aromatic heterocycles. The molecule has 1 atom stereocenters. The van der Waals surface area contributed by atoms with Crippen molar-refractivity contribution in [1.29, 1.82) is 0 Å². The van der Waals surface area contributed by atoms with Gasteiger partial charge in [-0.3, -0.25) is 0 Å². The van der Waals surface area contributed by atoms with Crippen LogP contribution < -0.4 is 0 Å². The second-order valence-corrected chi connectivity index (χ2v) is 8.34. The van der Waals surface area contributed by atoms with Crippen LogP contribution in [-0.2, 0) is 10.0 Å². The van der Waals surface area contributed by atoms with Gasteiger partial charge in [0.25, 0.3) is 10.0 Å². The number of carboxylic acid groups (broad SMARTS) is 1. The highest BCUT2D eigenvalue weighted by Gasteiger charge is 2.29. The predicted molar refractivity (Wildman–Crippen MR) is 76.7 cm³/mol. The standard InChI is InChI=1S/C12H18N2O4S2/c1-13-7-3-4-9(13)8-14(2)20(17,18)11-6-5-10(19-11)12(15)16/h5-6,9H,3-4,7-8H2,1-2H3,(H,15,16). The lowest BCUT2D eigenvalue weighted by molar-refractivity contribution is 0.0702. The molecule has 0 bridgehead atoms. The third kappa shape index (κ3) is 3.03. The SMILES string of the molecule is CN1CCCC1CN(C)S(=O)(=O)c1ccc(C(=O)O)s1. The predicted octanol–water partition coefficient (Wildman–Crippen LogP) is 1.16. The molecule has 2 heterocycles. The summed E-state index contributed by atoms with van der Waals surface area (Å²) in [5, 5.41) is 8.86. The van der Waals surface area contributed by atoms with E-state index in [9.17, 15) is 13.2 Å². The zero-order valence-corrected chi connectivity index (χ0v) is 13.1. The molecule has 20 heavy (non-hydrogen) atoms. The first-order valence-corrected chi connectivity index (χ1v) is 8.57. The van der Waals surface area contributed by atoms with Crippen LogP contribution in [0.1, 0.15) is 22.5 Å². The van der Waals surface area contributed by atoms with Crippen molar-refractivity contribution in [3.8, 4) is 0 Å². The zero-order valence-electron chi connectivity index (χ0n) is 11.4. The summed E-state index contributed by atoms with van der Waals surface area (Å²) in [4.78, 5) is 13.0. The molecule has 2 rings (SSSR count). The van der Waals surface area contributed by atoms with Crippen LogP contribution in [0.3, 0.4) is 0 Å². The van der Waals surface area contributed by atoms with Crippen LogP contribution in [0, 0.1) is 0 Å². The van der Waals surface area contributed by atoms with Crippen molar-refractivity contribution >= 4 is 27.3 Å². The molecule has 0 saturated carbocycles. The highest BCUT2D eigenvalue weighted by molar-refractivity contribution is 7.91. The second kappa shape index (κ2) is 5.80. The maximum absolute atomic E-state index is 12.4. The number of aromatic carboxylic acids is 1. The summed E-state index contributed by atoms with van der Waals surface area (Å²) < 4.78 is 26.2. The molecule has 0 aromatic carbocycles. The van der Waals surface area contributed by atoms with E-state index in [2.05, 4.69) is 4.90 Å². The fourth-order valence-corrected chi connectivity index (χ4v) is 4.90. The topological polar surface area (TPSA) is 77.9 Å². The van der Waals surface area contributed by atoms with E-state index in [4.69, 9.17) is 5.11 Å². The monoisotopic (exact) mass is 318 g/mol. The number of carboxylic acids is 1. The number of thiophene rings is 1. The summed E-state index contributed by atoms with van der Waals surface area (Å²) in [6.45, 7) is 1.42. The van der Waals surface area contributed by atoms with E-state index in [-0.39, 0.29) is 15.1 Å². The van der Waals surface area contributed by atoms with Crippen LogP contribution >= 0.6 is 11.3 Å². The lowest BCUT2D eigenvalue weighted by Crippen LogP contribution is -2.39. The molecular weight excluding hydrogens is 300 g/mol.